The quantitative estimate of drug-likeness (QED) is 0.496. The van der Waals surface area contributed by atoms with Crippen LogP contribution >= 0.6 is 0 Å². The van der Waals surface area contributed by atoms with E-state index < -0.39 is 10.0 Å². The van der Waals surface area contributed by atoms with Crippen LogP contribution in [0.25, 0.3) is 22.1 Å². The first-order valence-corrected chi connectivity index (χ1v) is 10.9. The molecule has 0 bridgehead atoms. The summed E-state index contributed by atoms with van der Waals surface area (Å²) in [4.78, 5) is 20.1. The lowest BCUT2D eigenvalue weighted by molar-refractivity contribution is 0.604. The first kappa shape index (κ1) is 19.5. The minimum absolute atomic E-state index is 0.178. The van der Waals surface area contributed by atoms with Gasteiger partial charge in [-0.1, -0.05) is 18.1 Å². The summed E-state index contributed by atoms with van der Waals surface area (Å²) < 4.78 is 30.7. The first-order valence-electron chi connectivity index (χ1n) is 8.96. The maximum Gasteiger partial charge on any atom is 0.229 e. The van der Waals surface area contributed by atoms with Gasteiger partial charge in [-0.15, -0.1) is 0 Å². The summed E-state index contributed by atoms with van der Waals surface area (Å²) in [7, 11) is -3.36. The van der Waals surface area contributed by atoms with Crippen LogP contribution in [-0.2, 0) is 10.0 Å². The molecule has 150 valence electrons. The van der Waals surface area contributed by atoms with Crippen LogP contribution in [0.1, 0.15) is 17.1 Å². The highest BCUT2D eigenvalue weighted by molar-refractivity contribution is 7.92. The fourth-order valence-corrected chi connectivity index (χ4v) is 3.52. The van der Waals surface area contributed by atoms with Crippen molar-refractivity contribution in [1.29, 1.82) is 0 Å². The molecule has 0 spiro atoms. The molecule has 0 saturated heterocycles. The van der Waals surface area contributed by atoms with E-state index in [1.54, 1.807) is 48.7 Å². The summed E-state index contributed by atoms with van der Waals surface area (Å²) >= 11 is 0. The van der Waals surface area contributed by atoms with Crippen molar-refractivity contribution in [1.82, 2.24) is 9.97 Å². The lowest BCUT2D eigenvalue weighted by Gasteiger charge is -2.06. The number of rotatable bonds is 3. The Balaban J connectivity index is 1.66. The number of hydrogen-bond acceptors (Lipinski definition) is 5. The number of nitrogens with zero attached hydrogens (tertiary/aromatic N) is 1. The third-order valence-electron chi connectivity index (χ3n) is 4.31. The average Bonchev–Trinajstić information content (AvgIpc) is 3.11. The zero-order chi connectivity index (χ0) is 21.3. The molecule has 2 aromatic heterocycles. The molecule has 0 aliphatic heterocycles. The molecule has 0 atom stereocenters. The van der Waals surface area contributed by atoms with Crippen LogP contribution in [-0.4, -0.2) is 24.6 Å². The van der Waals surface area contributed by atoms with E-state index in [2.05, 4.69) is 26.5 Å². The van der Waals surface area contributed by atoms with E-state index >= 15 is 0 Å². The van der Waals surface area contributed by atoms with Crippen molar-refractivity contribution in [2.75, 3.05) is 11.0 Å². The second-order valence-electron chi connectivity index (χ2n) is 6.76. The first-order chi connectivity index (χ1) is 14.3. The Kier molecular flexibility index (Phi) is 4.90. The highest BCUT2D eigenvalue weighted by Crippen LogP contribution is 2.22. The van der Waals surface area contributed by atoms with Gasteiger partial charge in [0.2, 0.25) is 10.0 Å². The fourth-order valence-electron chi connectivity index (χ4n) is 2.96. The van der Waals surface area contributed by atoms with Gasteiger partial charge in [-0.3, -0.25) is 9.52 Å². The number of aromatic nitrogens is 2. The van der Waals surface area contributed by atoms with Gasteiger partial charge in [0.05, 0.1) is 17.2 Å². The standard InChI is InChI=1S/C22H17N3O4S/c1-14-23-12-18(24-14)7-3-15-4-10-19-21(11-15)29-13-20(22(19)26)16-5-8-17(9-6-16)25-30(2,27)28/h4-6,8-13,25H,1-2H3,(H,23,24). The van der Waals surface area contributed by atoms with Crippen LogP contribution in [0.2, 0.25) is 0 Å². The van der Waals surface area contributed by atoms with Crippen molar-refractivity contribution >= 4 is 26.7 Å². The number of benzene rings is 2. The average molecular weight is 419 g/mol. The monoisotopic (exact) mass is 419 g/mol. The minimum atomic E-state index is -3.36. The number of anilines is 1. The van der Waals surface area contributed by atoms with Crippen molar-refractivity contribution in [2.45, 2.75) is 6.92 Å². The van der Waals surface area contributed by atoms with Crippen LogP contribution in [0.4, 0.5) is 5.69 Å². The van der Waals surface area contributed by atoms with E-state index in [4.69, 9.17) is 4.42 Å². The molecule has 0 radical (unpaired) electrons. The van der Waals surface area contributed by atoms with Gasteiger partial charge in [-0.2, -0.15) is 0 Å². The predicted molar refractivity (Wildman–Crippen MR) is 116 cm³/mol. The van der Waals surface area contributed by atoms with Gasteiger partial charge in [-0.05, 0) is 48.7 Å². The van der Waals surface area contributed by atoms with Crippen molar-refractivity contribution in [3.05, 3.63) is 82.2 Å². The molecule has 7 nitrogen and oxygen atoms in total. The molecular formula is C22H17N3O4S. The highest BCUT2D eigenvalue weighted by atomic mass is 32.2. The summed E-state index contributed by atoms with van der Waals surface area (Å²) in [6.07, 6.45) is 4.21. The van der Waals surface area contributed by atoms with E-state index in [1.807, 2.05) is 6.92 Å². The molecule has 2 N–H and O–H groups in total. The molecule has 0 aliphatic rings. The molecule has 0 fully saturated rings. The Bertz CT molecular complexity index is 1470. The largest absolute Gasteiger partial charge is 0.463 e. The summed E-state index contributed by atoms with van der Waals surface area (Å²) in [6, 6.07) is 11.7. The number of H-pyrrole nitrogens is 1. The zero-order valence-electron chi connectivity index (χ0n) is 16.2. The molecule has 2 aromatic carbocycles. The summed E-state index contributed by atoms with van der Waals surface area (Å²) in [5.74, 6) is 6.75. The van der Waals surface area contributed by atoms with E-state index in [0.29, 0.717) is 39.0 Å². The molecule has 0 saturated carbocycles. The van der Waals surface area contributed by atoms with E-state index in [9.17, 15) is 13.2 Å². The van der Waals surface area contributed by atoms with Gasteiger partial charge < -0.3 is 9.40 Å². The van der Waals surface area contributed by atoms with Gasteiger partial charge in [0.15, 0.2) is 5.43 Å². The molecule has 30 heavy (non-hydrogen) atoms. The third kappa shape index (κ3) is 4.26. The zero-order valence-corrected chi connectivity index (χ0v) is 17.0. The lowest BCUT2D eigenvalue weighted by atomic mass is 10.0. The van der Waals surface area contributed by atoms with E-state index in [0.717, 1.165) is 12.1 Å². The third-order valence-corrected chi connectivity index (χ3v) is 4.92. The number of aryl methyl sites for hydroxylation is 1. The molecule has 4 aromatic rings. The Morgan fingerprint density at radius 3 is 2.53 bits per heavy atom. The molecule has 0 unspecified atom stereocenters. The predicted octanol–water partition coefficient (Wildman–Crippen LogP) is 3.26. The number of imidazole rings is 1. The van der Waals surface area contributed by atoms with Gasteiger partial charge in [0.25, 0.3) is 0 Å². The Labute approximate surface area is 172 Å². The smallest absolute Gasteiger partial charge is 0.229 e. The van der Waals surface area contributed by atoms with Crippen molar-refractivity contribution < 1.29 is 12.8 Å². The van der Waals surface area contributed by atoms with Crippen LogP contribution < -0.4 is 10.2 Å². The number of sulfonamides is 1. The van der Waals surface area contributed by atoms with E-state index in [1.165, 1.54) is 6.26 Å². The van der Waals surface area contributed by atoms with Crippen LogP contribution in [0.5, 0.6) is 0 Å². The molecule has 2 heterocycles. The molecule has 8 heteroatoms. The topological polar surface area (TPSA) is 105 Å². The fraction of sp³-hybridized carbons (Fsp3) is 0.0909. The maximum atomic E-state index is 12.9. The van der Waals surface area contributed by atoms with Gasteiger partial charge in [-0.25, -0.2) is 13.4 Å². The number of fused-ring (bicyclic) bond motifs is 1. The highest BCUT2D eigenvalue weighted by Gasteiger charge is 2.10. The van der Waals surface area contributed by atoms with Crippen molar-refractivity contribution in [3.63, 3.8) is 0 Å². The molecule has 4 rings (SSSR count). The second-order valence-corrected chi connectivity index (χ2v) is 8.51. The number of aromatic amines is 1. The van der Waals surface area contributed by atoms with Gasteiger partial charge >= 0.3 is 0 Å². The van der Waals surface area contributed by atoms with Crippen LogP contribution in [0.3, 0.4) is 0 Å². The maximum absolute atomic E-state index is 12.9. The Hall–Kier alpha value is -3.83. The molecule has 0 aliphatic carbocycles. The minimum Gasteiger partial charge on any atom is -0.463 e. The second kappa shape index (κ2) is 7.54. The normalized spacial score (nSPS) is 11.1. The SMILES string of the molecule is Cc1nc(C#Cc2ccc3c(=O)c(-c4ccc(NS(C)(=O)=O)cc4)coc3c2)c[nH]1. The summed E-state index contributed by atoms with van der Waals surface area (Å²) in [6.45, 7) is 1.85. The van der Waals surface area contributed by atoms with Crippen LogP contribution in [0, 0.1) is 18.8 Å². The summed E-state index contributed by atoms with van der Waals surface area (Å²) in [5, 5.41) is 0.437. The number of nitrogens with one attached hydrogen (secondary N) is 2. The Morgan fingerprint density at radius 1 is 1.10 bits per heavy atom. The summed E-state index contributed by atoms with van der Waals surface area (Å²) in [5.41, 5.74) is 3.03. The van der Waals surface area contributed by atoms with Gasteiger partial charge in [0, 0.05) is 17.4 Å². The van der Waals surface area contributed by atoms with Crippen LogP contribution in [0.15, 0.2) is 64.1 Å². The number of hydrogen-bond donors (Lipinski definition) is 2. The van der Waals surface area contributed by atoms with Crippen molar-refractivity contribution in [2.24, 2.45) is 0 Å². The molecule has 0 amide bonds. The van der Waals surface area contributed by atoms with E-state index in [-0.39, 0.29) is 5.43 Å². The molecular weight excluding hydrogens is 402 g/mol. The van der Waals surface area contributed by atoms with Crippen molar-refractivity contribution in [3.8, 4) is 23.0 Å². The lowest BCUT2D eigenvalue weighted by Crippen LogP contribution is -2.09. The van der Waals surface area contributed by atoms with Gasteiger partial charge in [0.1, 0.15) is 23.4 Å². The Morgan fingerprint density at radius 2 is 1.87 bits per heavy atom.